The van der Waals surface area contributed by atoms with E-state index >= 15 is 0 Å². The fourth-order valence-electron chi connectivity index (χ4n) is 1.01. The predicted molar refractivity (Wildman–Crippen MR) is 71.6 cm³/mol. The van der Waals surface area contributed by atoms with Crippen LogP contribution in [-0.4, -0.2) is 35.8 Å². The second-order valence-electron chi connectivity index (χ2n) is 3.58. The summed E-state index contributed by atoms with van der Waals surface area (Å²) in [4.78, 5) is 22.9. The molecule has 0 aliphatic rings. The van der Waals surface area contributed by atoms with Crippen LogP contribution in [0.2, 0.25) is 0 Å². The summed E-state index contributed by atoms with van der Waals surface area (Å²) in [6.07, 6.45) is 2.60. The Morgan fingerprint density at radius 2 is 1.65 bits per heavy atom. The predicted octanol–water partition coefficient (Wildman–Crippen LogP) is 1.74. The first-order chi connectivity index (χ1) is 7.92. The molecular weight excluding hydrogens is 216 g/mol. The summed E-state index contributed by atoms with van der Waals surface area (Å²) in [6.45, 7) is 15.9. The minimum Gasteiger partial charge on any atom is -0.350 e. The van der Waals surface area contributed by atoms with Crippen LogP contribution in [0.4, 0.5) is 0 Å². The largest absolute Gasteiger partial charge is 0.350 e. The number of hydrogen-bond acceptors (Lipinski definition) is 2. The Kier molecular flexibility index (Phi) is 11.4. The lowest BCUT2D eigenvalue weighted by Crippen LogP contribution is -2.28. The first-order valence-electron chi connectivity index (χ1n) is 5.77. The number of rotatable bonds is 5. The number of carbonyl (C=O) groups excluding carboxylic acids is 2. The van der Waals surface area contributed by atoms with Crippen LogP contribution < -0.4 is 5.32 Å². The van der Waals surface area contributed by atoms with Crippen LogP contribution in [-0.2, 0) is 9.59 Å². The van der Waals surface area contributed by atoms with Crippen LogP contribution in [0.1, 0.15) is 27.7 Å². The van der Waals surface area contributed by atoms with Crippen LogP contribution in [0, 0.1) is 0 Å². The highest BCUT2D eigenvalue weighted by Crippen LogP contribution is 1.87. The molecule has 4 nitrogen and oxygen atoms in total. The molecule has 0 aromatic heterocycles. The SMILES string of the molecule is C=CC(=O)N(CC)CC.C=CC(=O)NC(C)C. The van der Waals surface area contributed by atoms with Crippen molar-refractivity contribution < 1.29 is 9.59 Å². The number of nitrogens with zero attached hydrogens (tertiary/aromatic N) is 1. The summed E-state index contributed by atoms with van der Waals surface area (Å²) >= 11 is 0. The first kappa shape index (κ1) is 17.8. The molecule has 0 spiro atoms. The molecule has 0 heterocycles. The van der Waals surface area contributed by atoms with E-state index in [0.717, 1.165) is 13.1 Å². The molecule has 0 bridgehead atoms. The van der Waals surface area contributed by atoms with Gasteiger partial charge in [-0.2, -0.15) is 0 Å². The minimum absolute atomic E-state index is 0.0139. The van der Waals surface area contributed by atoms with E-state index < -0.39 is 0 Å². The molecule has 0 radical (unpaired) electrons. The van der Waals surface area contributed by atoms with E-state index in [1.54, 1.807) is 4.90 Å². The maximum absolute atomic E-state index is 10.8. The Morgan fingerprint density at radius 3 is 1.76 bits per heavy atom. The van der Waals surface area contributed by atoms with Crippen molar-refractivity contribution >= 4 is 11.8 Å². The Bertz CT molecular complexity index is 256. The van der Waals surface area contributed by atoms with Crippen LogP contribution in [0.15, 0.2) is 25.3 Å². The normalized spacial score (nSPS) is 8.76. The number of hydrogen-bond donors (Lipinski definition) is 1. The van der Waals surface area contributed by atoms with Crippen molar-refractivity contribution in [3.63, 3.8) is 0 Å². The Balaban J connectivity index is 0. The smallest absolute Gasteiger partial charge is 0.245 e. The second kappa shape index (κ2) is 10.9. The average Bonchev–Trinajstić information content (AvgIpc) is 2.30. The molecule has 2 amide bonds. The number of nitrogens with one attached hydrogen (secondary N) is 1. The van der Waals surface area contributed by atoms with Crippen molar-refractivity contribution in [2.75, 3.05) is 13.1 Å². The fourth-order valence-corrected chi connectivity index (χ4v) is 1.01. The third-order valence-corrected chi connectivity index (χ3v) is 1.87. The summed E-state index contributed by atoms with van der Waals surface area (Å²) < 4.78 is 0. The van der Waals surface area contributed by atoms with Gasteiger partial charge in [-0.1, -0.05) is 13.2 Å². The standard InChI is InChI=1S/C7H13NO.C6H11NO/c1-4-7(9)8(5-2)6-3;1-4-6(8)7-5(2)3/h4H,1,5-6H2,2-3H3;4-5H,1H2,2-3H3,(H,7,8). The molecule has 0 aliphatic carbocycles. The number of carbonyl (C=O) groups is 2. The fraction of sp³-hybridized carbons (Fsp3) is 0.538. The molecule has 0 saturated carbocycles. The zero-order valence-corrected chi connectivity index (χ0v) is 11.3. The molecule has 0 aliphatic heterocycles. The lowest BCUT2D eigenvalue weighted by Gasteiger charge is -2.15. The van der Waals surface area contributed by atoms with Crippen LogP contribution in [0.5, 0.6) is 0 Å². The van der Waals surface area contributed by atoms with Gasteiger partial charge in [-0.15, -0.1) is 0 Å². The van der Waals surface area contributed by atoms with Gasteiger partial charge in [0.25, 0.3) is 0 Å². The van der Waals surface area contributed by atoms with Gasteiger partial charge in [-0.25, -0.2) is 0 Å². The van der Waals surface area contributed by atoms with E-state index in [1.807, 2.05) is 27.7 Å². The van der Waals surface area contributed by atoms with Gasteiger partial charge in [-0.3, -0.25) is 9.59 Å². The van der Waals surface area contributed by atoms with Crippen molar-refractivity contribution in [2.24, 2.45) is 0 Å². The highest BCUT2D eigenvalue weighted by Gasteiger charge is 2.01. The minimum atomic E-state index is -0.111. The summed E-state index contributed by atoms with van der Waals surface area (Å²) in [7, 11) is 0. The molecule has 0 atom stereocenters. The molecule has 0 aromatic rings. The second-order valence-corrected chi connectivity index (χ2v) is 3.58. The van der Waals surface area contributed by atoms with Gasteiger partial charge < -0.3 is 10.2 Å². The summed E-state index contributed by atoms with van der Waals surface area (Å²) in [5.74, 6) is -0.0972. The third-order valence-electron chi connectivity index (χ3n) is 1.87. The van der Waals surface area contributed by atoms with Crippen LogP contribution >= 0.6 is 0 Å². The lowest BCUT2D eigenvalue weighted by molar-refractivity contribution is -0.125. The van der Waals surface area contributed by atoms with E-state index in [4.69, 9.17) is 0 Å². The van der Waals surface area contributed by atoms with Crippen LogP contribution in [0.25, 0.3) is 0 Å². The number of likely N-dealkylation sites (N-methyl/N-ethyl adjacent to an activating group) is 1. The highest BCUT2D eigenvalue weighted by molar-refractivity contribution is 5.87. The van der Waals surface area contributed by atoms with Gasteiger partial charge in [0.1, 0.15) is 0 Å². The summed E-state index contributed by atoms with van der Waals surface area (Å²) in [5.41, 5.74) is 0. The van der Waals surface area contributed by atoms with E-state index in [0.29, 0.717) is 0 Å². The topological polar surface area (TPSA) is 49.4 Å². The molecule has 17 heavy (non-hydrogen) atoms. The summed E-state index contributed by atoms with van der Waals surface area (Å²) in [6, 6.07) is 0.209. The molecule has 1 N–H and O–H groups in total. The zero-order valence-electron chi connectivity index (χ0n) is 11.3. The van der Waals surface area contributed by atoms with E-state index in [-0.39, 0.29) is 17.9 Å². The first-order valence-corrected chi connectivity index (χ1v) is 5.77. The van der Waals surface area contributed by atoms with Crippen molar-refractivity contribution in [3.8, 4) is 0 Å². The molecule has 0 fully saturated rings. The van der Waals surface area contributed by atoms with Gasteiger partial charge in [0.15, 0.2) is 0 Å². The molecule has 0 unspecified atom stereocenters. The van der Waals surface area contributed by atoms with Gasteiger partial charge in [0.2, 0.25) is 11.8 Å². The monoisotopic (exact) mass is 240 g/mol. The lowest BCUT2D eigenvalue weighted by atomic mass is 10.4. The zero-order chi connectivity index (χ0) is 13.8. The quantitative estimate of drug-likeness (QED) is 0.744. The highest BCUT2D eigenvalue weighted by atomic mass is 16.2. The maximum atomic E-state index is 10.8. The average molecular weight is 240 g/mol. The molecule has 0 saturated heterocycles. The Morgan fingerprint density at radius 1 is 1.18 bits per heavy atom. The third kappa shape index (κ3) is 10.7. The van der Waals surface area contributed by atoms with Gasteiger partial charge in [-0.05, 0) is 39.8 Å². The number of amides is 2. The Labute approximate surface area is 104 Å². The molecular formula is C13H24N2O2. The summed E-state index contributed by atoms with van der Waals surface area (Å²) in [5, 5.41) is 2.64. The molecule has 98 valence electrons. The van der Waals surface area contributed by atoms with E-state index in [1.165, 1.54) is 12.2 Å². The van der Waals surface area contributed by atoms with Crippen molar-refractivity contribution in [2.45, 2.75) is 33.7 Å². The Hall–Kier alpha value is -1.58. The van der Waals surface area contributed by atoms with Gasteiger partial charge >= 0.3 is 0 Å². The molecule has 0 aromatic carbocycles. The maximum Gasteiger partial charge on any atom is 0.245 e. The van der Waals surface area contributed by atoms with Gasteiger partial charge in [0, 0.05) is 19.1 Å². The van der Waals surface area contributed by atoms with E-state index in [2.05, 4.69) is 18.5 Å². The molecule has 0 rings (SSSR count). The van der Waals surface area contributed by atoms with Crippen molar-refractivity contribution in [1.29, 1.82) is 0 Å². The van der Waals surface area contributed by atoms with E-state index in [9.17, 15) is 9.59 Å². The van der Waals surface area contributed by atoms with Crippen molar-refractivity contribution in [1.82, 2.24) is 10.2 Å². The van der Waals surface area contributed by atoms with Crippen molar-refractivity contribution in [3.05, 3.63) is 25.3 Å². The molecule has 4 heteroatoms. The van der Waals surface area contributed by atoms with Gasteiger partial charge in [0.05, 0.1) is 0 Å². The van der Waals surface area contributed by atoms with Crippen LogP contribution in [0.3, 0.4) is 0 Å².